The van der Waals surface area contributed by atoms with Gasteiger partial charge in [0.05, 0.1) is 30.4 Å². The lowest BCUT2D eigenvalue weighted by atomic mass is 9.92. The van der Waals surface area contributed by atoms with Gasteiger partial charge in [-0.3, -0.25) is 4.89 Å². The van der Waals surface area contributed by atoms with Crippen molar-refractivity contribution in [3.63, 3.8) is 0 Å². The normalized spacial score (nSPS) is 11.6. The quantitative estimate of drug-likeness (QED) is 0.0398. The summed E-state index contributed by atoms with van der Waals surface area (Å²) in [5.74, 6) is -0.871. The topological polar surface area (TPSA) is 71.1 Å². The van der Waals surface area contributed by atoms with E-state index in [0.717, 1.165) is 67.4 Å². The largest absolute Gasteiger partial charge is 0.459 e. The third-order valence-electron chi connectivity index (χ3n) is 7.41. The first-order chi connectivity index (χ1) is 21.5. The maximum atomic E-state index is 12.9. The van der Waals surface area contributed by atoms with E-state index in [2.05, 4.69) is 13.5 Å². The van der Waals surface area contributed by atoms with E-state index in [-0.39, 0.29) is 12.1 Å². The van der Waals surface area contributed by atoms with E-state index in [1.807, 2.05) is 61.5 Å². The summed E-state index contributed by atoms with van der Waals surface area (Å²) in [5, 5.41) is 0. The molecule has 44 heavy (non-hydrogen) atoms. The van der Waals surface area contributed by atoms with Gasteiger partial charge in [0.2, 0.25) is 0 Å². The molecule has 6 heteroatoms. The molecule has 3 aromatic rings. The van der Waals surface area contributed by atoms with Gasteiger partial charge in [0.15, 0.2) is 0 Å². The average Bonchev–Trinajstić information content (AvgIpc) is 3.05. The number of carbonyl (C=O) groups excluding carboxylic acids is 2. The Balaban J connectivity index is 1.52. The number of unbranched alkanes of at least 4 members (excludes halogenated alkanes) is 7. The number of benzene rings is 3. The second kappa shape index (κ2) is 20.3. The van der Waals surface area contributed by atoms with E-state index in [1.54, 1.807) is 24.3 Å². The smallest absolute Gasteiger partial charge is 0.373 e. The summed E-state index contributed by atoms with van der Waals surface area (Å²) in [6, 6.07) is 22.8. The van der Waals surface area contributed by atoms with Crippen LogP contribution < -0.4 is 0 Å². The predicted molar refractivity (Wildman–Crippen MR) is 176 cm³/mol. The molecule has 1 unspecified atom stereocenters. The molecule has 0 heterocycles. The van der Waals surface area contributed by atoms with Crippen LogP contribution in [0.15, 0.2) is 85.5 Å². The zero-order valence-corrected chi connectivity index (χ0v) is 26.4. The van der Waals surface area contributed by atoms with Crippen molar-refractivity contribution in [3.8, 4) is 22.3 Å². The molecule has 6 nitrogen and oxygen atoms in total. The van der Waals surface area contributed by atoms with E-state index >= 15 is 0 Å². The Hall–Kier alpha value is -3.74. The molecule has 0 N–H and O–H groups in total. The standard InChI is InChI=1S/C38H48O6/c1-4-17-30(3)43-37(39)33-22-20-32(21-23-33)36-29-34(24-25-35(36)31-18-13-12-14-19-31)38(40)44-42-28-16-11-9-7-6-8-10-15-27-41-26-5-2/h5,12-14,18-25,29-30H,2,4,6-11,15-17,26-28H2,1,3H3. The van der Waals surface area contributed by atoms with Crippen LogP contribution in [0.25, 0.3) is 22.3 Å². The lowest BCUT2D eigenvalue weighted by Gasteiger charge is -2.14. The molecule has 236 valence electrons. The summed E-state index contributed by atoms with van der Waals surface area (Å²) in [4.78, 5) is 35.9. The number of rotatable bonds is 21. The van der Waals surface area contributed by atoms with Gasteiger partial charge >= 0.3 is 11.9 Å². The highest BCUT2D eigenvalue weighted by molar-refractivity contribution is 5.95. The Labute approximate surface area is 263 Å². The van der Waals surface area contributed by atoms with Gasteiger partial charge in [-0.2, -0.15) is 4.89 Å². The van der Waals surface area contributed by atoms with Crippen LogP contribution in [0.3, 0.4) is 0 Å². The van der Waals surface area contributed by atoms with Crippen molar-refractivity contribution in [2.75, 3.05) is 19.8 Å². The minimum absolute atomic E-state index is 0.129. The maximum absolute atomic E-state index is 12.9. The SMILES string of the molecule is C=CCOCCCCCCCCCCOOC(=O)c1ccc(-c2ccccc2)c(-c2ccc(C(=O)OC(C)CCC)cc2)c1. The zero-order valence-electron chi connectivity index (χ0n) is 26.4. The summed E-state index contributed by atoms with van der Waals surface area (Å²) in [7, 11) is 0. The number of ether oxygens (including phenoxy) is 2. The fourth-order valence-corrected chi connectivity index (χ4v) is 5.02. The van der Waals surface area contributed by atoms with Crippen LogP contribution in [0.2, 0.25) is 0 Å². The number of hydrogen-bond acceptors (Lipinski definition) is 6. The van der Waals surface area contributed by atoms with Crippen molar-refractivity contribution in [2.24, 2.45) is 0 Å². The lowest BCUT2D eigenvalue weighted by Crippen LogP contribution is -2.14. The van der Waals surface area contributed by atoms with Crippen LogP contribution in [0.1, 0.15) is 98.8 Å². The summed E-state index contributed by atoms with van der Waals surface area (Å²) in [6.45, 7) is 9.43. The van der Waals surface area contributed by atoms with Gasteiger partial charge in [-0.1, -0.05) is 106 Å². The third kappa shape index (κ3) is 12.1. The average molecular weight is 601 g/mol. The van der Waals surface area contributed by atoms with E-state index in [1.165, 1.54) is 25.7 Å². The monoisotopic (exact) mass is 600 g/mol. The lowest BCUT2D eigenvalue weighted by molar-refractivity contribution is -0.241. The Morgan fingerprint density at radius 3 is 2.00 bits per heavy atom. The van der Waals surface area contributed by atoms with Crippen molar-refractivity contribution in [2.45, 2.75) is 84.2 Å². The molecule has 1 atom stereocenters. The van der Waals surface area contributed by atoms with Gasteiger partial charge in [-0.05, 0) is 72.7 Å². The molecule has 0 aliphatic carbocycles. The van der Waals surface area contributed by atoms with E-state index < -0.39 is 5.97 Å². The summed E-state index contributed by atoms with van der Waals surface area (Å²) in [6.07, 6.45) is 12.4. The Morgan fingerprint density at radius 2 is 1.34 bits per heavy atom. The highest BCUT2D eigenvalue weighted by Gasteiger charge is 2.16. The molecule has 0 saturated carbocycles. The number of esters is 1. The minimum atomic E-state index is -0.534. The molecule has 0 bridgehead atoms. The van der Waals surface area contributed by atoms with E-state index in [4.69, 9.17) is 19.2 Å². The molecule has 0 spiro atoms. The van der Waals surface area contributed by atoms with Gasteiger partial charge in [0.1, 0.15) is 0 Å². The van der Waals surface area contributed by atoms with Crippen molar-refractivity contribution < 1.29 is 28.8 Å². The Bertz CT molecular complexity index is 1270. The van der Waals surface area contributed by atoms with Crippen molar-refractivity contribution in [3.05, 3.63) is 96.6 Å². The molecule has 0 fully saturated rings. The predicted octanol–water partition coefficient (Wildman–Crippen LogP) is 9.78. The van der Waals surface area contributed by atoms with Crippen LogP contribution in [-0.4, -0.2) is 37.9 Å². The highest BCUT2D eigenvalue weighted by Crippen LogP contribution is 2.33. The molecule has 0 radical (unpaired) electrons. The van der Waals surface area contributed by atoms with Crippen molar-refractivity contribution >= 4 is 11.9 Å². The van der Waals surface area contributed by atoms with Gasteiger partial charge in [0.25, 0.3) is 0 Å². The molecule has 0 saturated heterocycles. The van der Waals surface area contributed by atoms with Crippen LogP contribution >= 0.6 is 0 Å². The van der Waals surface area contributed by atoms with E-state index in [0.29, 0.717) is 24.3 Å². The maximum Gasteiger partial charge on any atom is 0.373 e. The molecule has 3 aromatic carbocycles. The molecule has 0 aliphatic heterocycles. The highest BCUT2D eigenvalue weighted by atomic mass is 17.2. The summed E-state index contributed by atoms with van der Waals surface area (Å²) >= 11 is 0. The van der Waals surface area contributed by atoms with Crippen LogP contribution in [0.4, 0.5) is 0 Å². The fraction of sp³-hybridized carbons (Fsp3) is 0.421. The second-order valence-corrected chi connectivity index (χ2v) is 11.1. The van der Waals surface area contributed by atoms with Crippen LogP contribution in [0, 0.1) is 0 Å². The molecular weight excluding hydrogens is 552 g/mol. The third-order valence-corrected chi connectivity index (χ3v) is 7.41. The van der Waals surface area contributed by atoms with Gasteiger partial charge in [-0.15, -0.1) is 6.58 Å². The number of carbonyl (C=O) groups is 2. The number of hydrogen-bond donors (Lipinski definition) is 0. The minimum Gasteiger partial charge on any atom is -0.459 e. The second-order valence-electron chi connectivity index (χ2n) is 11.1. The van der Waals surface area contributed by atoms with Crippen molar-refractivity contribution in [1.29, 1.82) is 0 Å². The van der Waals surface area contributed by atoms with Crippen molar-refractivity contribution in [1.82, 2.24) is 0 Å². The first kappa shape index (κ1) is 34.7. The summed E-state index contributed by atoms with van der Waals surface area (Å²) < 4.78 is 11.0. The molecule has 0 aliphatic rings. The van der Waals surface area contributed by atoms with Crippen LogP contribution in [-0.2, 0) is 19.2 Å². The van der Waals surface area contributed by atoms with E-state index in [9.17, 15) is 9.59 Å². The van der Waals surface area contributed by atoms with Gasteiger partial charge in [-0.25, -0.2) is 9.59 Å². The molecule has 0 amide bonds. The van der Waals surface area contributed by atoms with Gasteiger partial charge < -0.3 is 9.47 Å². The zero-order chi connectivity index (χ0) is 31.4. The summed E-state index contributed by atoms with van der Waals surface area (Å²) in [5.41, 5.74) is 4.61. The Morgan fingerprint density at radius 1 is 0.727 bits per heavy atom. The van der Waals surface area contributed by atoms with Crippen LogP contribution in [0.5, 0.6) is 0 Å². The molecular formula is C38H48O6. The molecule has 0 aromatic heterocycles. The fourth-order valence-electron chi connectivity index (χ4n) is 5.02. The first-order valence-electron chi connectivity index (χ1n) is 16.1. The molecule has 3 rings (SSSR count). The van der Waals surface area contributed by atoms with Gasteiger partial charge in [0, 0.05) is 6.61 Å². The Kier molecular flexibility index (Phi) is 16.0. The first-order valence-corrected chi connectivity index (χ1v) is 16.1.